The molecule has 7 heteroatoms. The summed E-state index contributed by atoms with van der Waals surface area (Å²) in [6.07, 6.45) is 0.546. The number of amides is 2. The highest BCUT2D eigenvalue weighted by atomic mass is 19.1. The fourth-order valence-electron chi connectivity index (χ4n) is 2.50. The number of nitrogens with one attached hydrogen (secondary N) is 1. The van der Waals surface area contributed by atoms with Crippen LogP contribution in [0.2, 0.25) is 0 Å². The molecule has 0 heterocycles. The summed E-state index contributed by atoms with van der Waals surface area (Å²) in [7, 11) is 1.27. The Morgan fingerprint density at radius 2 is 1.81 bits per heavy atom. The van der Waals surface area contributed by atoms with E-state index in [1.807, 2.05) is 0 Å². The molecule has 0 aliphatic heterocycles. The topological polar surface area (TPSA) is 75.7 Å². The summed E-state index contributed by atoms with van der Waals surface area (Å²) in [5.41, 5.74) is 1.61. The average molecular weight is 372 g/mol. The summed E-state index contributed by atoms with van der Waals surface area (Å²) in [6.45, 7) is 1.53. The van der Waals surface area contributed by atoms with E-state index in [9.17, 15) is 18.8 Å². The van der Waals surface area contributed by atoms with E-state index in [0.29, 0.717) is 18.7 Å². The first kappa shape index (κ1) is 20.1. The summed E-state index contributed by atoms with van der Waals surface area (Å²) in [5.74, 6) is -1.50. The number of anilines is 1. The number of ether oxygens (including phenoxy) is 1. The molecule has 6 nitrogen and oxygen atoms in total. The molecule has 0 atom stereocenters. The SMILES string of the molecule is COC(=O)c1cccc(N(CC(=O)NCCc2ccc(F)cc2)C(C)=O)c1. The van der Waals surface area contributed by atoms with Crippen molar-refractivity contribution in [2.24, 2.45) is 0 Å². The number of carbonyl (C=O) groups is 3. The lowest BCUT2D eigenvalue weighted by molar-refractivity contribution is -0.123. The van der Waals surface area contributed by atoms with Gasteiger partial charge in [0.1, 0.15) is 12.4 Å². The number of benzene rings is 2. The van der Waals surface area contributed by atoms with Gasteiger partial charge in [-0.2, -0.15) is 0 Å². The van der Waals surface area contributed by atoms with Crippen LogP contribution in [-0.4, -0.2) is 38.0 Å². The molecule has 0 fully saturated rings. The molecule has 0 aliphatic rings. The minimum Gasteiger partial charge on any atom is -0.465 e. The minimum atomic E-state index is -0.524. The van der Waals surface area contributed by atoms with Crippen LogP contribution in [0.25, 0.3) is 0 Å². The Morgan fingerprint density at radius 3 is 2.44 bits per heavy atom. The van der Waals surface area contributed by atoms with Crippen LogP contribution in [0.4, 0.5) is 10.1 Å². The number of methoxy groups -OCH3 is 1. The third kappa shape index (κ3) is 5.91. The van der Waals surface area contributed by atoms with Gasteiger partial charge in [0.05, 0.1) is 12.7 Å². The van der Waals surface area contributed by atoms with Crippen LogP contribution in [-0.2, 0) is 20.7 Å². The number of hydrogen-bond donors (Lipinski definition) is 1. The van der Waals surface area contributed by atoms with Gasteiger partial charge in [-0.25, -0.2) is 9.18 Å². The zero-order valence-electron chi connectivity index (χ0n) is 15.2. The van der Waals surface area contributed by atoms with Gasteiger partial charge in [-0.3, -0.25) is 9.59 Å². The summed E-state index contributed by atoms with van der Waals surface area (Å²) < 4.78 is 17.6. The lowest BCUT2D eigenvalue weighted by atomic mass is 10.1. The maximum Gasteiger partial charge on any atom is 0.337 e. The van der Waals surface area contributed by atoms with Crippen LogP contribution in [0.15, 0.2) is 48.5 Å². The second kappa shape index (κ2) is 9.47. The maximum atomic E-state index is 12.9. The predicted octanol–water partition coefficient (Wildman–Crippen LogP) is 2.32. The van der Waals surface area contributed by atoms with Crippen molar-refractivity contribution in [3.8, 4) is 0 Å². The van der Waals surface area contributed by atoms with Crippen LogP contribution in [0, 0.1) is 5.82 Å². The molecule has 1 N–H and O–H groups in total. The van der Waals surface area contributed by atoms with Crippen molar-refractivity contribution in [1.29, 1.82) is 0 Å². The van der Waals surface area contributed by atoms with E-state index in [1.54, 1.807) is 30.3 Å². The van der Waals surface area contributed by atoms with E-state index in [-0.39, 0.29) is 29.7 Å². The molecule has 27 heavy (non-hydrogen) atoms. The first-order valence-corrected chi connectivity index (χ1v) is 8.38. The van der Waals surface area contributed by atoms with Crippen LogP contribution >= 0.6 is 0 Å². The van der Waals surface area contributed by atoms with Crippen LogP contribution in [0.1, 0.15) is 22.8 Å². The van der Waals surface area contributed by atoms with E-state index >= 15 is 0 Å². The van der Waals surface area contributed by atoms with E-state index in [4.69, 9.17) is 0 Å². The Balaban J connectivity index is 1.97. The van der Waals surface area contributed by atoms with Crippen LogP contribution in [0.3, 0.4) is 0 Å². The van der Waals surface area contributed by atoms with Crippen molar-refractivity contribution in [3.63, 3.8) is 0 Å². The summed E-state index contributed by atoms with van der Waals surface area (Å²) >= 11 is 0. The molecule has 0 unspecified atom stereocenters. The molecule has 0 spiro atoms. The first-order valence-electron chi connectivity index (χ1n) is 8.38. The number of hydrogen-bond acceptors (Lipinski definition) is 4. The zero-order valence-corrected chi connectivity index (χ0v) is 15.2. The number of rotatable bonds is 7. The highest BCUT2D eigenvalue weighted by Crippen LogP contribution is 2.17. The number of esters is 1. The lowest BCUT2D eigenvalue weighted by Gasteiger charge is -2.21. The largest absolute Gasteiger partial charge is 0.465 e. The van der Waals surface area contributed by atoms with Crippen molar-refractivity contribution in [2.45, 2.75) is 13.3 Å². The van der Waals surface area contributed by atoms with Gasteiger partial charge in [0.25, 0.3) is 0 Å². The van der Waals surface area contributed by atoms with Crippen molar-refractivity contribution >= 4 is 23.5 Å². The molecule has 0 saturated carbocycles. The Kier molecular flexibility index (Phi) is 7.05. The molecule has 0 aromatic heterocycles. The molecular weight excluding hydrogens is 351 g/mol. The van der Waals surface area contributed by atoms with E-state index in [0.717, 1.165) is 5.56 Å². The van der Waals surface area contributed by atoms with Gasteiger partial charge in [0, 0.05) is 19.2 Å². The van der Waals surface area contributed by atoms with Crippen molar-refractivity contribution in [2.75, 3.05) is 25.1 Å². The molecule has 142 valence electrons. The van der Waals surface area contributed by atoms with E-state index in [2.05, 4.69) is 10.1 Å². The minimum absolute atomic E-state index is 0.177. The number of carbonyl (C=O) groups excluding carboxylic acids is 3. The fraction of sp³-hybridized carbons (Fsp3) is 0.250. The van der Waals surface area contributed by atoms with Gasteiger partial charge < -0.3 is 15.0 Å². The van der Waals surface area contributed by atoms with Crippen molar-refractivity contribution in [3.05, 3.63) is 65.5 Å². The van der Waals surface area contributed by atoms with Crippen molar-refractivity contribution < 1.29 is 23.5 Å². The quantitative estimate of drug-likeness (QED) is 0.757. The highest BCUT2D eigenvalue weighted by Gasteiger charge is 2.17. The van der Waals surface area contributed by atoms with Gasteiger partial charge in [-0.15, -0.1) is 0 Å². The first-order chi connectivity index (χ1) is 12.9. The molecule has 2 rings (SSSR count). The fourth-order valence-corrected chi connectivity index (χ4v) is 2.50. The third-order valence-corrected chi connectivity index (χ3v) is 3.91. The maximum absolute atomic E-state index is 12.9. The lowest BCUT2D eigenvalue weighted by Crippen LogP contribution is -2.40. The second-order valence-electron chi connectivity index (χ2n) is 5.87. The molecule has 2 amide bonds. The molecule has 0 aliphatic carbocycles. The van der Waals surface area contributed by atoms with Gasteiger partial charge in [-0.1, -0.05) is 18.2 Å². The van der Waals surface area contributed by atoms with Gasteiger partial charge in [0.15, 0.2) is 0 Å². The molecule has 0 bridgehead atoms. The monoisotopic (exact) mass is 372 g/mol. The van der Waals surface area contributed by atoms with Gasteiger partial charge >= 0.3 is 5.97 Å². The second-order valence-corrected chi connectivity index (χ2v) is 5.87. The number of halogens is 1. The van der Waals surface area contributed by atoms with Crippen LogP contribution in [0.5, 0.6) is 0 Å². The molecule has 2 aromatic carbocycles. The van der Waals surface area contributed by atoms with Crippen LogP contribution < -0.4 is 10.2 Å². The zero-order chi connectivity index (χ0) is 19.8. The summed E-state index contributed by atoms with van der Waals surface area (Å²) in [6, 6.07) is 12.4. The normalized spacial score (nSPS) is 10.2. The molecular formula is C20H21FN2O4. The Hall–Kier alpha value is -3.22. The third-order valence-electron chi connectivity index (χ3n) is 3.91. The van der Waals surface area contributed by atoms with Crippen molar-refractivity contribution in [1.82, 2.24) is 5.32 Å². The highest BCUT2D eigenvalue weighted by molar-refractivity contribution is 5.99. The van der Waals surface area contributed by atoms with E-state index in [1.165, 1.54) is 37.1 Å². The predicted molar refractivity (Wildman–Crippen MR) is 98.9 cm³/mol. The van der Waals surface area contributed by atoms with Gasteiger partial charge in [0.2, 0.25) is 11.8 Å². The molecule has 2 aromatic rings. The summed E-state index contributed by atoms with van der Waals surface area (Å²) in [5, 5.41) is 2.73. The smallest absolute Gasteiger partial charge is 0.337 e. The van der Waals surface area contributed by atoms with E-state index < -0.39 is 5.97 Å². The molecule has 0 radical (unpaired) electrons. The average Bonchev–Trinajstić information content (AvgIpc) is 2.67. The number of nitrogens with zero attached hydrogens (tertiary/aromatic N) is 1. The Morgan fingerprint density at radius 1 is 1.11 bits per heavy atom. The molecule has 0 saturated heterocycles. The standard InChI is InChI=1S/C20H21FN2O4/c1-14(24)23(18-5-3-4-16(12-18)20(26)27-2)13-19(25)22-11-10-15-6-8-17(21)9-7-15/h3-9,12H,10-11,13H2,1-2H3,(H,22,25). The van der Waals surface area contributed by atoms with Gasteiger partial charge in [-0.05, 0) is 42.3 Å². The Labute approximate surface area is 156 Å². The summed E-state index contributed by atoms with van der Waals surface area (Å²) in [4.78, 5) is 37.1. The Bertz CT molecular complexity index is 821.